The number of hydrogen-bond acceptors (Lipinski definition) is 6. The van der Waals surface area contributed by atoms with E-state index >= 15 is 0 Å². The summed E-state index contributed by atoms with van der Waals surface area (Å²) in [4.78, 5) is 37.8. The molecule has 0 bridgehead atoms. The molecule has 4 aromatic rings. The van der Waals surface area contributed by atoms with E-state index in [2.05, 4.69) is 9.97 Å². The van der Waals surface area contributed by atoms with E-state index in [9.17, 15) is 14.7 Å². The maximum absolute atomic E-state index is 13.0. The molecule has 192 valence electrons. The summed E-state index contributed by atoms with van der Waals surface area (Å²) in [7, 11) is 1.77. The van der Waals surface area contributed by atoms with Crippen molar-refractivity contribution in [3.05, 3.63) is 75.8 Å². The van der Waals surface area contributed by atoms with Crippen LogP contribution in [0.25, 0.3) is 22.0 Å². The molecule has 0 saturated carbocycles. The Morgan fingerprint density at radius 3 is 2.54 bits per heavy atom. The molecule has 1 saturated heterocycles. The van der Waals surface area contributed by atoms with Gasteiger partial charge in [0.05, 0.1) is 16.9 Å². The summed E-state index contributed by atoms with van der Waals surface area (Å²) in [5.41, 5.74) is 3.40. The molecule has 1 aliphatic heterocycles. The van der Waals surface area contributed by atoms with Crippen molar-refractivity contribution < 1.29 is 9.90 Å². The zero-order valence-electron chi connectivity index (χ0n) is 21.0. The first-order valence-corrected chi connectivity index (χ1v) is 12.6. The maximum Gasteiger partial charge on any atom is 0.274 e. The van der Waals surface area contributed by atoms with Crippen molar-refractivity contribution in [1.82, 2.24) is 24.2 Å². The number of aliphatic hydroxyl groups is 1. The maximum atomic E-state index is 13.0. The lowest BCUT2D eigenvalue weighted by molar-refractivity contribution is -0.136. The monoisotopic (exact) mass is 520 g/mol. The Hall–Kier alpha value is -3.69. The molecule has 9 nitrogen and oxygen atoms in total. The number of rotatable bonds is 5. The lowest BCUT2D eigenvalue weighted by atomic mass is 10.1. The molecule has 10 heteroatoms. The molecule has 0 radical (unpaired) electrons. The number of anilines is 1. The Morgan fingerprint density at radius 1 is 1.14 bits per heavy atom. The fourth-order valence-corrected chi connectivity index (χ4v) is 5.46. The van der Waals surface area contributed by atoms with Gasteiger partial charge in [-0.05, 0) is 43.2 Å². The molecule has 1 N–H and O–H groups in total. The van der Waals surface area contributed by atoms with Crippen molar-refractivity contribution in [2.75, 3.05) is 31.1 Å². The molecule has 2 atom stereocenters. The second-order valence-corrected chi connectivity index (χ2v) is 9.82. The Balaban J connectivity index is 1.45. The van der Waals surface area contributed by atoms with Gasteiger partial charge in [0, 0.05) is 55.7 Å². The van der Waals surface area contributed by atoms with Crippen LogP contribution < -0.4 is 10.5 Å². The van der Waals surface area contributed by atoms with Crippen LogP contribution in [-0.2, 0) is 11.8 Å². The number of fused-ring (bicyclic) bond motifs is 1. The molecule has 0 aliphatic carbocycles. The number of aliphatic hydroxyl groups excluding tert-OH is 1. The summed E-state index contributed by atoms with van der Waals surface area (Å²) in [5.74, 6) is 0.332. The van der Waals surface area contributed by atoms with E-state index in [-0.39, 0.29) is 23.6 Å². The second-order valence-electron chi connectivity index (χ2n) is 9.41. The number of hydrogen-bond donors (Lipinski definition) is 1. The summed E-state index contributed by atoms with van der Waals surface area (Å²) in [5, 5.41) is 10.5. The molecule has 1 unspecified atom stereocenters. The second kappa shape index (κ2) is 9.99. The van der Waals surface area contributed by atoms with Gasteiger partial charge in [0.15, 0.2) is 0 Å². The highest BCUT2D eigenvalue weighted by Crippen LogP contribution is 2.30. The van der Waals surface area contributed by atoms with E-state index in [0.717, 1.165) is 22.2 Å². The highest BCUT2D eigenvalue weighted by atomic mass is 35.5. The summed E-state index contributed by atoms with van der Waals surface area (Å²) < 4.78 is 3.59. The number of piperazine rings is 1. The van der Waals surface area contributed by atoms with Crippen molar-refractivity contribution >= 4 is 34.4 Å². The van der Waals surface area contributed by atoms with Crippen LogP contribution >= 0.6 is 11.6 Å². The van der Waals surface area contributed by atoms with Gasteiger partial charge in [0.2, 0.25) is 11.9 Å². The zero-order valence-corrected chi connectivity index (χ0v) is 21.8. The van der Waals surface area contributed by atoms with Crippen molar-refractivity contribution in [2.24, 2.45) is 7.05 Å². The minimum Gasteiger partial charge on any atom is -0.387 e. The average molecular weight is 521 g/mol. The molecule has 5 rings (SSSR count). The molecular formula is C27H29ClN6O3. The van der Waals surface area contributed by atoms with Crippen LogP contribution in [0, 0.1) is 0 Å². The first-order chi connectivity index (χ1) is 17.8. The summed E-state index contributed by atoms with van der Waals surface area (Å²) in [6.45, 7) is 5.19. The van der Waals surface area contributed by atoms with E-state index in [4.69, 9.17) is 11.6 Å². The van der Waals surface area contributed by atoms with Crippen LogP contribution in [0.1, 0.15) is 25.5 Å². The standard InChI is InChI=1S/C27H29ClN6O3/c1-17-15-32(10-11-33(17)25(36)16-35)27-29-13-20(14-30-27)19-8-9-22-24(12-19)34(31(3)26(22)37)18(2)21-6-4-5-7-23(21)28/h4-9,12-14,17-18,35H,10-11,15-16H2,1-3H3/t17-,18?/m1/s1. The molecule has 2 aromatic carbocycles. The zero-order chi connectivity index (χ0) is 26.3. The third-order valence-corrected chi connectivity index (χ3v) is 7.50. The Labute approximate surface area is 219 Å². The van der Waals surface area contributed by atoms with E-state index in [1.54, 1.807) is 29.0 Å². The Kier molecular flexibility index (Phi) is 6.74. The number of benzene rings is 2. The minimum atomic E-state index is -0.480. The SMILES string of the molecule is CC(c1ccccc1Cl)n1c2cc(-c3cnc(N4CCN(C(=O)CO)[C@H](C)C4)nc3)ccc2c(=O)n1C. The van der Waals surface area contributed by atoms with Crippen molar-refractivity contribution in [3.63, 3.8) is 0 Å². The largest absolute Gasteiger partial charge is 0.387 e. The van der Waals surface area contributed by atoms with E-state index < -0.39 is 6.61 Å². The van der Waals surface area contributed by atoms with Gasteiger partial charge in [0.25, 0.3) is 5.56 Å². The third kappa shape index (κ3) is 4.49. The van der Waals surface area contributed by atoms with Gasteiger partial charge < -0.3 is 14.9 Å². The molecule has 0 spiro atoms. The van der Waals surface area contributed by atoms with E-state index in [1.807, 2.05) is 65.9 Å². The van der Waals surface area contributed by atoms with E-state index in [1.165, 1.54) is 0 Å². The molecule has 3 heterocycles. The quantitative estimate of drug-likeness (QED) is 0.434. The predicted molar refractivity (Wildman–Crippen MR) is 144 cm³/mol. The molecule has 2 aromatic heterocycles. The van der Waals surface area contributed by atoms with Crippen LogP contribution in [0.5, 0.6) is 0 Å². The van der Waals surface area contributed by atoms with Gasteiger partial charge in [-0.2, -0.15) is 0 Å². The molecule has 1 amide bonds. The first-order valence-electron chi connectivity index (χ1n) is 12.2. The summed E-state index contributed by atoms with van der Waals surface area (Å²) >= 11 is 6.47. The van der Waals surface area contributed by atoms with Crippen LogP contribution in [0.4, 0.5) is 5.95 Å². The fourth-order valence-electron chi connectivity index (χ4n) is 5.16. The minimum absolute atomic E-state index is 0.0472. The predicted octanol–water partition coefficient (Wildman–Crippen LogP) is 3.09. The molecule has 37 heavy (non-hydrogen) atoms. The Bertz CT molecular complexity index is 1510. The smallest absolute Gasteiger partial charge is 0.274 e. The van der Waals surface area contributed by atoms with Gasteiger partial charge in [-0.3, -0.25) is 19.0 Å². The fraction of sp³-hybridized carbons (Fsp3) is 0.333. The van der Waals surface area contributed by atoms with E-state index in [0.29, 0.717) is 36.0 Å². The average Bonchev–Trinajstić information content (AvgIpc) is 3.17. The normalized spacial score (nSPS) is 16.8. The van der Waals surface area contributed by atoms with Crippen molar-refractivity contribution in [1.29, 1.82) is 0 Å². The highest BCUT2D eigenvalue weighted by Gasteiger charge is 2.28. The Morgan fingerprint density at radius 2 is 1.86 bits per heavy atom. The summed E-state index contributed by atoms with van der Waals surface area (Å²) in [6, 6.07) is 13.2. The van der Waals surface area contributed by atoms with Crippen LogP contribution in [0.15, 0.2) is 59.7 Å². The first kappa shape index (κ1) is 25.0. The van der Waals surface area contributed by atoms with Gasteiger partial charge in [-0.25, -0.2) is 9.97 Å². The third-order valence-electron chi connectivity index (χ3n) is 7.15. The van der Waals surface area contributed by atoms with Crippen LogP contribution in [-0.4, -0.2) is 67.5 Å². The molecular weight excluding hydrogens is 492 g/mol. The van der Waals surface area contributed by atoms with Gasteiger partial charge in [-0.15, -0.1) is 0 Å². The van der Waals surface area contributed by atoms with Gasteiger partial charge >= 0.3 is 0 Å². The molecule has 1 fully saturated rings. The van der Waals surface area contributed by atoms with Crippen molar-refractivity contribution in [3.8, 4) is 11.1 Å². The number of carbonyl (C=O) groups excluding carboxylic acids is 1. The van der Waals surface area contributed by atoms with Gasteiger partial charge in [-0.1, -0.05) is 35.9 Å². The van der Waals surface area contributed by atoms with Gasteiger partial charge in [0.1, 0.15) is 6.61 Å². The van der Waals surface area contributed by atoms with Crippen LogP contribution in [0.3, 0.4) is 0 Å². The number of amides is 1. The van der Waals surface area contributed by atoms with Crippen LogP contribution in [0.2, 0.25) is 5.02 Å². The number of halogens is 1. The lowest BCUT2D eigenvalue weighted by Crippen LogP contribution is -2.55. The lowest BCUT2D eigenvalue weighted by Gasteiger charge is -2.39. The molecule has 1 aliphatic rings. The number of aromatic nitrogens is 4. The number of nitrogens with zero attached hydrogens (tertiary/aromatic N) is 6. The highest BCUT2D eigenvalue weighted by molar-refractivity contribution is 6.31. The van der Waals surface area contributed by atoms with Crippen molar-refractivity contribution in [2.45, 2.75) is 25.9 Å². The number of carbonyl (C=O) groups is 1. The topological polar surface area (TPSA) is 96.5 Å². The summed E-state index contributed by atoms with van der Waals surface area (Å²) in [6.07, 6.45) is 3.56.